The monoisotopic (exact) mass is 276 g/mol. The van der Waals surface area contributed by atoms with E-state index in [9.17, 15) is 4.79 Å². The average molecular weight is 276 g/mol. The smallest absolute Gasteiger partial charge is 0.316 e. The minimum Gasteiger partial charge on any atom is -0.465 e. The Labute approximate surface area is 123 Å². The summed E-state index contributed by atoms with van der Waals surface area (Å²) in [4.78, 5) is 12.7. The molecule has 0 heterocycles. The number of carbonyl (C=O) groups excluding carboxylic acids is 1. The van der Waals surface area contributed by atoms with Gasteiger partial charge in [-0.15, -0.1) is 0 Å². The highest BCUT2D eigenvalue weighted by atomic mass is 16.5. The van der Waals surface area contributed by atoms with Gasteiger partial charge in [-0.25, -0.2) is 0 Å². The Bertz CT molecular complexity index is 376. The van der Waals surface area contributed by atoms with Crippen molar-refractivity contribution in [1.82, 2.24) is 0 Å². The van der Waals surface area contributed by atoms with Crippen LogP contribution in [0.5, 0.6) is 0 Å². The average Bonchev–Trinajstić information content (AvgIpc) is 2.49. The first-order valence-electron chi connectivity index (χ1n) is 7.94. The third-order valence-corrected chi connectivity index (χ3v) is 3.91. The molecule has 1 aromatic carbocycles. The highest BCUT2D eigenvalue weighted by Gasteiger charge is 2.40. The molecule has 0 aliphatic rings. The van der Waals surface area contributed by atoms with Gasteiger partial charge in [0.15, 0.2) is 0 Å². The second-order valence-corrected chi connectivity index (χ2v) is 5.38. The standard InChI is InChI=1S/C18H28O2/c1-4-7-14-18(15-8-5-2,17(19)20-6-3)16-12-10-9-11-13-16/h9-13H,4-8,14-15H2,1-3H3. The van der Waals surface area contributed by atoms with Crippen molar-refractivity contribution in [3.05, 3.63) is 35.9 Å². The summed E-state index contributed by atoms with van der Waals surface area (Å²) in [5.74, 6) is -0.0481. The third kappa shape index (κ3) is 4.09. The van der Waals surface area contributed by atoms with E-state index in [4.69, 9.17) is 4.74 Å². The minimum atomic E-state index is -0.455. The summed E-state index contributed by atoms with van der Waals surface area (Å²) in [6.07, 6.45) is 6.06. The molecule has 0 unspecified atom stereocenters. The minimum absolute atomic E-state index is 0.0481. The molecule has 0 aliphatic carbocycles. The maximum absolute atomic E-state index is 12.7. The van der Waals surface area contributed by atoms with Gasteiger partial charge in [-0.2, -0.15) is 0 Å². The molecule has 0 aromatic heterocycles. The number of rotatable bonds is 9. The summed E-state index contributed by atoms with van der Waals surface area (Å²) >= 11 is 0. The molecule has 0 radical (unpaired) electrons. The first kappa shape index (κ1) is 16.7. The Morgan fingerprint density at radius 1 is 1.00 bits per heavy atom. The SMILES string of the molecule is CCCCC(CCCC)(C(=O)OCC)c1ccccc1. The summed E-state index contributed by atoms with van der Waals surface area (Å²) in [6, 6.07) is 10.2. The summed E-state index contributed by atoms with van der Waals surface area (Å²) in [6.45, 7) is 6.67. The predicted molar refractivity (Wildman–Crippen MR) is 83.8 cm³/mol. The molecule has 0 aliphatic heterocycles. The van der Waals surface area contributed by atoms with Crippen LogP contribution in [0.2, 0.25) is 0 Å². The lowest BCUT2D eigenvalue weighted by Crippen LogP contribution is -2.37. The van der Waals surface area contributed by atoms with Crippen molar-refractivity contribution in [3.8, 4) is 0 Å². The van der Waals surface area contributed by atoms with E-state index in [2.05, 4.69) is 26.0 Å². The van der Waals surface area contributed by atoms with E-state index in [0.717, 1.165) is 44.1 Å². The number of esters is 1. The summed E-state index contributed by atoms with van der Waals surface area (Å²) in [7, 11) is 0. The number of carbonyl (C=O) groups is 1. The third-order valence-electron chi connectivity index (χ3n) is 3.91. The van der Waals surface area contributed by atoms with E-state index in [1.807, 2.05) is 25.1 Å². The summed E-state index contributed by atoms with van der Waals surface area (Å²) in [5.41, 5.74) is 0.656. The normalized spacial score (nSPS) is 11.3. The van der Waals surface area contributed by atoms with Crippen molar-refractivity contribution in [2.75, 3.05) is 6.61 Å². The van der Waals surface area contributed by atoms with E-state index in [0.29, 0.717) is 6.61 Å². The lowest BCUT2D eigenvalue weighted by atomic mass is 9.72. The van der Waals surface area contributed by atoms with Crippen LogP contribution in [0.25, 0.3) is 0 Å². The molecular formula is C18H28O2. The van der Waals surface area contributed by atoms with E-state index in [1.54, 1.807) is 0 Å². The molecule has 2 heteroatoms. The van der Waals surface area contributed by atoms with Gasteiger partial charge in [0.1, 0.15) is 0 Å². The molecule has 0 N–H and O–H groups in total. The summed E-state index contributed by atoms with van der Waals surface area (Å²) < 4.78 is 5.42. The number of hydrogen-bond acceptors (Lipinski definition) is 2. The van der Waals surface area contributed by atoms with Gasteiger partial charge in [-0.1, -0.05) is 69.9 Å². The Kier molecular flexibility index (Phi) is 7.35. The molecular weight excluding hydrogens is 248 g/mol. The zero-order valence-electron chi connectivity index (χ0n) is 13.2. The van der Waals surface area contributed by atoms with Crippen LogP contribution < -0.4 is 0 Å². The number of ether oxygens (including phenoxy) is 1. The van der Waals surface area contributed by atoms with Crippen molar-refractivity contribution in [1.29, 1.82) is 0 Å². The zero-order valence-corrected chi connectivity index (χ0v) is 13.2. The fraction of sp³-hybridized carbons (Fsp3) is 0.611. The largest absolute Gasteiger partial charge is 0.465 e. The van der Waals surface area contributed by atoms with Gasteiger partial charge in [0.05, 0.1) is 12.0 Å². The number of hydrogen-bond donors (Lipinski definition) is 0. The van der Waals surface area contributed by atoms with Crippen molar-refractivity contribution in [2.24, 2.45) is 0 Å². The second-order valence-electron chi connectivity index (χ2n) is 5.38. The van der Waals surface area contributed by atoms with Crippen LogP contribution in [0.4, 0.5) is 0 Å². The first-order valence-corrected chi connectivity index (χ1v) is 7.94. The molecule has 0 bridgehead atoms. The van der Waals surface area contributed by atoms with Gasteiger partial charge < -0.3 is 4.74 Å². The van der Waals surface area contributed by atoms with E-state index in [1.165, 1.54) is 0 Å². The molecule has 1 aromatic rings. The van der Waals surface area contributed by atoms with Crippen LogP contribution in [0.1, 0.15) is 64.9 Å². The lowest BCUT2D eigenvalue weighted by Gasteiger charge is -2.32. The highest BCUT2D eigenvalue weighted by molar-refractivity contribution is 5.83. The molecule has 1 rings (SSSR count). The van der Waals surface area contributed by atoms with E-state index in [-0.39, 0.29) is 5.97 Å². The summed E-state index contributed by atoms with van der Waals surface area (Å²) in [5, 5.41) is 0. The van der Waals surface area contributed by atoms with Gasteiger partial charge in [-0.05, 0) is 25.3 Å². The van der Waals surface area contributed by atoms with Crippen LogP contribution in [0.3, 0.4) is 0 Å². The van der Waals surface area contributed by atoms with E-state index >= 15 is 0 Å². The quantitative estimate of drug-likeness (QED) is 0.602. The molecule has 0 atom stereocenters. The molecule has 20 heavy (non-hydrogen) atoms. The van der Waals surface area contributed by atoms with E-state index < -0.39 is 5.41 Å². The van der Waals surface area contributed by atoms with Gasteiger partial charge in [0, 0.05) is 0 Å². The fourth-order valence-electron chi connectivity index (χ4n) is 2.72. The molecule has 0 fully saturated rings. The number of benzene rings is 1. The predicted octanol–water partition coefficient (Wildman–Crippen LogP) is 4.87. The molecule has 0 spiro atoms. The Morgan fingerprint density at radius 3 is 2.00 bits per heavy atom. The Balaban J connectivity index is 3.13. The Morgan fingerprint density at radius 2 is 1.55 bits per heavy atom. The van der Waals surface area contributed by atoms with Crippen LogP contribution >= 0.6 is 0 Å². The molecule has 0 amide bonds. The van der Waals surface area contributed by atoms with Crippen LogP contribution in [-0.4, -0.2) is 12.6 Å². The van der Waals surface area contributed by atoms with Gasteiger partial charge in [0.2, 0.25) is 0 Å². The fourth-order valence-corrected chi connectivity index (χ4v) is 2.72. The maximum atomic E-state index is 12.7. The molecule has 0 saturated heterocycles. The van der Waals surface area contributed by atoms with Crippen molar-refractivity contribution in [3.63, 3.8) is 0 Å². The first-order chi connectivity index (χ1) is 9.71. The van der Waals surface area contributed by atoms with Gasteiger partial charge in [0.25, 0.3) is 0 Å². The second kappa shape index (κ2) is 8.78. The highest BCUT2D eigenvalue weighted by Crippen LogP contribution is 2.36. The lowest BCUT2D eigenvalue weighted by molar-refractivity contribution is -0.151. The van der Waals surface area contributed by atoms with Crippen molar-refractivity contribution >= 4 is 5.97 Å². The van der Waals surface area contributed by atoms with Crippen LogP contribution in [0.15, 0.2) is 30.3 Å². The Hall–Kier alpha value is -1.31. The van der Waals surface area contributed by atoms with Crippen LogP contribution in [0, 0.1) is 0 Å². The van der Waals surface area contributed by atoms with Gasteiger partial charge >= 0.3 is 5.97 Å². The topological polar surface area (TPSA) is 26.3 Å². The van der Waals surface area contributed by atoms with Gasteiger partial charge in [-0.3, -0.25) is 4.79 Å². The molecule has 2 nitrogen and oxygen atoms in total. The maximum Gasteiger partial charge on any atom is 0.316 e. The van der Waals surface area contributed by atoms with Crippen molar-refractivity contribution in [2.45, 2.75) is 64.7 Å². The number of unbranched alkanes of at least 4 members (excludes halogenated alkanes) is 2. The molecule has 0 saturated carbocycles. The zero-order chi connectivity index (χ0) is 14.8. The van der Waals surface area contributed by atoms with Crippen molar-refractivity contribution < 1.29 is 9.53 Å². The van der Waals surface area contributed by atoms with Crippen LogP contribution in [-0.2, 0) is 14.9 Å². The molecule has 112 valence electrons.